The van der Waals surface area contributed by atoms with Crippen LogP contribution in [0.25, 0.3) is 0 Å². The molecule has 3 amide bonds. The Bertz CT molecular complexity index is 1130. The summed E-state index contributed by atoms with van der Waals surface area (Å²) < 4.78 is 5.09. The van der Waals surface area contributed by atoms with E-state index in [1.807, 2.05) is 0 Å². The van der Waals surface area contributed by atoms with E-state index in [0.717, 1.165) is 16.2 Å². The number of carbonyl (C=O) groups is 5. The summed E-state index contributed by atoms with van der Waals surface area (Å²) in [6.07, 6.45) is 1.78. The van der Waals surface area contributed by atoms with Crippen LogP contribution in [-0.4, -0.2) is 80.2 Å². The summed E-state index contributed by atoms with van der Waals surface area (Å²) >= 11 is 8.28. The number of esters is 1. The number of fused-ring (bicyclic) bond motifs is 1. The zero-order valence-electron chi connectivity index (χ0n) is 18.6. The average molecular weight is 546 g/mol. The summed E-state index contributed by atoms with van der Waals surface area (Å²) in [5.41, 5.74) is -1.55. The second-order valence-corrected chi connectivity index (χ2v) is 10.7. The van der Waals surface area contributed by atoms with Gasteiger partial charge in [0.25, 0.3) is 11.8 Å². The van der Waals surface area contributed by atoms with Crippen LogP contribution in [0.3, 0.4) is 0 Å². The molecule has 188 valence electrons. The van der Waals surface area contributed by atoms with Crippen LogP contribution < -0.4 is 10.6 Å². The number of aliphatic carboxylic acids is 1. The number of nitrogens with one attached hydrogen (secondary N) is 2. The molecule has 2 aliphatic rings. The summed E-state index contributed by atoms with van der Waals surface area (Å²) in [6.45, 7) is 4.36. The number of amides is 3. The predicted molar refractivity (Wildman–Crippen MR) is 126 cm³/mol. The van der Waals surface area contributed by atoms with Crippen LogP contribution in [0.15, 0.2) is 16.9 Å². The molecule has 2 aliphatic heterocycles. The van der Waals surface area contributed by atoms with E-state index in [-0.39, 0.29) is 20.9 Å². The van der Waals surface area contributed by atoms with Crippen LogP contribution in [0, 0.1) is 0 Å². The van der Waals surface area contributed by atoms with Crippen molar-refractivity contribution in [2.24, 2.45) is 5.16 Å². The molecule has 3 heterocycles. The fourth-order valence-corrected chi connectivity index (χ4v) is 5.22. The van der Waals surface area contributed by atoms with Gasteiger partial charge in [-0.1, -0.05) is 28.1 Å². The van der Waals surface area contributed by atoms with Crippen molar-refractivity contribution in [3.05, 3.63) is 21.8 Å². The van der Waals surface area contributed by atoms with Gasteiger partial charge in [0, 0.05) is 5.75 Å². The lowest BCUT2D eigenvalue weighted by molar-refractivity contribution is -0.160. The highest BCUT2D eigenvalue weighted by atomic mass is 35.5. The third-order valence-corrected chi connectivity index (χ3v) is 6.69. The van der Waals surface area contributed by atoms with E-state index in [2.05, 4.69) is 20.8 Å². The summed E-state index contributed by atoms with van der Waals surface area (Å²) in [7, 11) is 0. The lowest BCUT2D eigenvalue weighted by atomic mass is 10.0. The van der Waals surface area contributed by atoms with Gasteiger partial charge in [0.05, 0.1) is 0 Å². The van der Waals surface area contributed by atoms with E-state index in [9.17, 15) is 29.1 Å². The molecule has 3 N–H and O–H groups in total. The van der Waals surface area contributed by atoms with Gasteiger partial charge in [0.2, 0.25) is 13.0 Å². The number of aromatic nitrogens is 1. The van der Waals surface area contributed by atoms with Gasteiger partial charge in [-0.3, -0.25) is 19.3 Å². The molecule has 0 spiro atoms. The molecule has 1 fully saturated rings. The van der Waals surface area contributed by atoms with Crippen molar-refractivity contribution in [3.8, 4) is 0 Å². The molecule has 2 atom stereocenters. The normalized spacial score (nSPS) is 19.7. The van der Waals surface area contributed by atoms with Crippen molar-refractivity contribution in [2.75, 3.05) is 17.7 Å². The van der Waals surface area contributed by atoms with Gasteiger partial charge in [-0.25, -0.2) is 14.6 Å². The molecule has 3 rings (SSSR count). The van der Waals surface area contributed by atoms with Crippen molar-refractivity contribution < 1.29 is 38.7 Å². The van der Waals surface area contributed by atoms with Crippen molar-refractivity contribution in [2.45, 2.75) is 37.8 Å². The fourth-order valence-electron chi connectivity index (χ4n) is 3.02. The number of nitrogens with zero attached hydrogens (tertiary/aromatic N) is 3. The first-order valence-corrected chi connectivity index (χ1v) is 12.1. The maximum Gasteiger partial charge on any atom is 0.352 e. The Hall–Kier alpha value is -3.17. The Morgan fingerprint density at radius 3 is 2.74 bits per heavy atom. The summed E-state index contributed by atoms with van der Waals surface area (Å²) in [5.74, 6) is -3.20. The number of halogens is 1. The number of ether oxygens (including phenoxy) is 1. The molecule has 35 heavy (non-hydrogen) atoms. The molecule has 1 unspecified atom stereocenters. The first-order chi connectivity index (χ1) is 16.4. The van der Waals surface area contributed by atoms with Crippen LogP contribution in [0.1, 0.15) is 26.5 Å². The van der Waals surface area contributed by atoms with Gasteiger partial charge in [0.15, 0.2) is 10.8 Å². The smallest absolute Gasteiger partial charge is 0.352 e. The number of carboxylic acids is 1. The summed E-state index contributed by atoms with van der Waals surface area (Å²) in [6, 6.07) is -1.04. The Balaban J connectivity index is 1.80. The van der Waals surface area contributed by atoms with Gasteiger partial charge in [-0.15, -0.1) is 11.8 Å². The van der Waals surface area contributed by atoms with Crippen LogP contribution in [0.5, 0.6) is 0 Å². The van der Waals surface area contributed by atoms with E-state index in [4.69, 9.17) is 21.2 Å². The molecule has 0 bridgehead atoms. The number of hydrogen-bond acceptors (Lipinski definition) is 11. The number of thiazole rings is 1. The van der Waals surface area contributed by atoms with Crippen molar-refractivity contribution >= 4 is 75.7 Å². The molecule has 1 aromatic rings. The van der Waals surface area contributed by atoms with Gasteiger partial charge in [-0.05, 0) is 26.8 Å². The Morgan fingerprint density at radius 2 is 2.11 bits per heavy atom. The number of carbonyl (C=O) groups excluding carboxylic acids is 4. The van der Waals surface area contributed by atoms with Gasteiger partial charge < -0.3 is 25.3 Å². The minimum absolute atomic E-state index is 0.0196. The van der Waals surface area contributed by atoms with Crippen molar-refractivity contribution in [1.29, 1.82) is 0 Å². The van der Waals surface area contributed by atoms with Gasteiger partial charge in [0.1, 0.15) is 32.7 Å². The topological polar surface area (TPSA) is 177 Å². The maximum atomic E-state index is 13.1. The highest BCUT2D eigenvalue weighted by Crippen LogP contribution is 2.37. The molecular formula is C19H20ClN5O8S2. The van der Waals surface area contributed by atoms with Crippen molar-refractivity contribution in [3.63, 3.8) is 0 Å². The molecule has 1 saturated heterocycles. The highest BCUT2D eigenvalue weighted by Gasteiger charge is 2.53. The first kappa shape index (κ1) is 26.4. The fraction of sp³-hybridized carbons (Fsp3) is 0.421. The average Bonchev–Trinajstić information content (AvgIpc) is 3.12. The Kier molecular flexibility index (Phi) is 8.02. The third kappa shape index (κ3) is 6.10. The second kappa shape index (κ2) is 10.6. The monoisotopic (exact) mass is 545 g/mol. The van der Waals surface area contributed by atoms with E-state index >= 15 is 0 Å². The quantitative estimate of drug-likeness (QED) is 0.132. The summed E-state index contributed by atoms with van der Waals surface area (Å²) in [5, 5.41) is 17.2. The minimum Gasteiger partial charge on any atom is -0.477 e. The second-order valence-electron chi connectivity index (χ2n) is 7.98. The van der Waals surface area contributed by atoms with Crippen LogP contribution in [-0.2, 0) is 33.5 Å². The number of carboxylic acid groups (broad SMARTS) is 1. The predicted octanol–water partition coefficient (Wildman–Crippen LogP) is 0.796. The Labute approximate surface area is 211 Å². The lowest BCUT2D eigenvalue weighted by Gasteiger charge is -2.48. The number of hydrogen-bond donors (Lipinski definition) is 3. The van der Waals surface area contributed by atoms with Crippen LogP contribution >= 0.6 is 34.7 Å². The molecule has 1 aromatic heterocycles. The zero-order valence-corrected chi connectivity index (χ0v) is 21.0. The highest BCUT2D eigenvalue weighted by molar-refractivity contribution is 8.00. The van der Waals surface area contributed by atoms with E-state index in [0.29, 0.717) is 12.2 Å². The molecule has 0 saturated carbocycles. The third-order valence-electron chi connectivity index (χ3n) is 4.32. The first-order valence-electron chi connectivity index (χ1n) is 9.90. The molecule has 16 heteroatoms. The van der Waals surface area contributed by atoms with Crippen LogP contribution in [0.2, 0.25) is 4.34 Å². The lowest BCUT2D eigenvalue weighted by Crippen LogP contribution is -2.70. The number of thioether (sulfide) groups is 1. The number of β-lactam (4-membered cyclic amide) rings is 1. The molecule has 0 aromatic carbocycles. The largest absolute Gasteiger partial charge is 0.477 e. The number of anilines is 1. The standard InChI is InChI=1S/C19H20ClN5O8S2/c1-19(2,3)33-9(27)6-32-24-11(10-13(20)35-18(23-10)21-7-26)14(28)22-12-15(29)25-8(17(30)31)4-5-34-16(12)25/h4,7,12,16H,5-6H2,1-3H3,(H,22,28)(H,30,31)(H,21,23,26)/b24-11+/t12?,16-/m1/s1. The number of oxime groups is 1. The van der Waals surface area contributed by atoms with Crippen molar-refractivity contribution in [1.82, 2.24) is 15.2 Å². The Morgan fingerprint density at radius 1 is 1.40 bits per heavy atom. The maximum absolute atomic E-state index is 13.1. The van der Waals surface area contributed by atoms with Gasteiger partial charge >= 0.3 is 11.9 Å². The molecule has 0 radical (unpaired) electrons. The molecule has 0 aliphatic carbocycles. The SMILES string of the molecule is CC(C)(C)OC(=O)CO/N=C(/C(=O)NC1C(=O)N2C(C(=O)O)=CCS[C@H]12)c1nc(NC=O)sc1Cl. The van der Waals surface area contributed by atoms with Crippen LogP contribution in [0.4, 0.5) is 5.13 Å². The van der Waals surface area contributed by atoms with E-state index < -0.39 is 53.1 Å². The van der Waals surface area contributed by atoms with Gasteiger partial charge in [-0.2, -0.15) is 0 Å². The van der Waals surface area contributed by atoms with E-state index in [1.54, 1.807) is 20.8 Å². The molecule has 13 nitrogen and oxygen atoms in total. The molecular weight excluding hydrogens is 526 g/mol. The van der Waals surface area contributed by atoms with E-state index in [1.165, 1.54) is 17.8 Å². The minimum atomic E-state index is -1.25. The number of rotatable bonds is 9. The zero-order chi connectivity index (χ0) is 25.9. The summed E-state index contributed by atoms with van der Waals surface area (Å²) in [4.78, 5) is 69.8.